The first kappa shape index (κ1) is 19.6. The van der Waals surface area contributed by atoms with Crippen molar-refractivity contribution in [2.24, 2.45) is 0 Å². The van der Waals surface area contributed by atoms with Crippen LogP contribution in [0.2, 0.25) is 5.02 Å². The quantitative estimate of drug-likeness (QED) is 0.206. The van der Waals surface area contributed by atoms with Crippen LogP contribution in [0, 0.1) is 11.3 Å². The van der Waals surface area contributed by atoms with Gasteiger partial charge in [-0.15, -0.1) is 0 Å². The highest BCUT2D eigenvalue weighted by Crippen LogP contribution is 2.36. The van der Waals surface area contributed by atoms with E-state index >= 15 is 0 Å². The van der Waals surface area contributed by atoms with E-state index in [0.29, 0.717) is 22.5 Å². The van der Waals surface area contributed by atoms with Gasteiger partial charge in [-0.3, -0.25) is 14.8 Å². The molecule has 204 valence electrons. The van der Waals surface area contributed by atoms with Crippen LogP contribution in [0.4, 0.5) is 11.4 Å². The predicted molar refractivity (Wildman–Crippen MR) is 157 cm³/mol. The van der Waals surface area contributed by atoms with Crippen molar-refractivity contribution in [1.82, 2.24) is 14.9 Å². The van der Waals surface area contributed by atoms with E-state index in [-0.39, 0.29) is 52.7 Å². The van der Waals surface area contributed by atoms with Gasteiger partial charge in [-0.1, -0.05) is 23.7 Å². The van der Waals surface area contributed by atoms with Gasteiger partial charge in [0.15, 0.2) is 5.78 Å². The zero-order valence-electron chi connectivity index (χ0n) is 29.4. The average molecular weight is 564 g/mol. The molecule has 8 nitrogen and oxygen atoms in total. The van der Waals surface area contributed by atoms with Crippen LogP contribution in [0.1, 0.15) is 34.6 Å². The molecule has 0 aliphatic carbocycles. The van der Waals surface area contributed by atoms with Crippen LogP contribution in [0.25, 0.3) is 10.9 Å². The number of fused-ring (bicyclic) bond motifs is 1. The third-order valence-corrected chi connectivity index (χ3v) is 5.98. The minimum Gasteiger partial charge on any atom is -0.494 e. The lowest BCUT2D eigenvalue weighted by atomic mass is 10.0. The Kier molecular flexibility index (Phi) is 6.64. The first-order valence-electron chi connectivity index (χ1n) is 16.0. The molecule has 0 aliphatic rings. The Labute approximate surface area is 250 Å². The lowest BCUT2D eigenvalue weighted by molar-refractivity contribution is -0.114. The number of nitrogens with zero attached hydrogens (tertiary/aromatic N) is 4. The normalized spacial score (nSPS) is 15.1. The number of carbonyl (C=O) groups excluding carboxylic acids is 1. The summed E-state index contributed by atoms with van der Waals surface area (Å²) < 4.78 is 72.2. The maximum absolute atomic E-state index is 13.0. The number of ketones is 1. The summed E-state index contributed by atoms with van der Waals surface area (Å²) in [6, 6.07) is 15.2. The summed E-state index contributed by atoms with van der Waals surface area (Å²) in [5.41, 5.74) is 1.92. The second-order valence-electron chi connectivity index (χ2n) is 8.65. The van der Waals surface area contributed by atoms with Crippen molar-refractivity contribution >= 4 is 39.7 Å². The predicted octanol–water partition coefficient (Wildman–Crippen LogP) is 6.11. The zero-order valence-corrected chi connectivity index (χ0v) is 22.2. The molecule has 2 aromatic heterocycles. The number of nitrogens with one attached hydrogen (secondary N) is 1. The molecule has 4 rings (SSSR count). The van der Waals surface area contributed by atoms with Crippen molar-refractivity contribution in [3.63, 3.8) is 0 Å². The Hall–Kier alpha value is -4.45. The smallest absolute Gasteiger partial charge is 0.159 e. The first-order valence-corrected chi connectivity index (χ1v) is 12.4. The molecule has 0 spiro atoms. The fraction of sp³-hybridized carbons (Fsp3) is 0.226. The number of hydrogen-bond acceptors (Lipinski definition) is 8. The maximum atomic E-state index is 13.0. The fourth-order valence-corrected chi connectivity index (χ4v) is 4.07. The number of halogens is 1. The molecule has 0 fully saturated rings. The van der Waals surface area contributed by atoms with Crippen molar-refractivity contribution in [3.8, 4) is 17.6 Å². The van der Waals surface area contributed by atoms with Crippen molar-refractivity contribution < 1.29 is 25.2 Å². The fourth-order valence-electron chi connectivity index (χ4n) is 3.84. The Morgan fingerprint density at radius 1 is 1.23 bits per heavy atom. The number of carbonyl (C=O) groups is 1. The van der Waals surface area contributed by atoms with Crippen molar-refractivity contribution in [2.75, 3.05) is 32.4 Å². The molecule has 2 heterocycles. The van der Waals surface area contributed by atoms with E-state index in [1.807, 2.05) is 12.1 Å². The summed E-state index contributed by atoms with van der Waals surface area (Å²) in [7, 11) is 1.37. The molecular weight excluding hydrogens is 526 g/mol. The number of anilines is 2. The van der Waals surface area contributed by atoms with Gasteiger partial charge < -0.3 is 19.7 Å². The molecule has 0 amide bonds. The topological polar surface area (TPSA) is 100 Å². The molecule has 0 atom stereocenters. The largest absolute Gasteiger partial charge is 0.494 e. The zero-order chi connectivity index (χ0) is 35.3. The van der Waals surface area contributed by atoms with Gasteiger partial charge >= 0.3 is 0 Å². The Morgan fingerprint density at radius 2 is 2.12 bits per heavy atom. The van der Waals surface area contributed by atoms with Crippen LogP contribution in [-0.4, -0.2) is 47.8 Å². The number of hydrogen-bond donors (Lipinski definition) is 1. The van der Waals surface area contributed by atoms with E-state index in [2.05, 4.69) is 21.4 Å². The number of aromatic nitrogens is 2. The van der Waals surface area contributed by atoms with Gasteiger partial charge in [0.2, 0.25) is 0 Å². The van der Waals surface area contributed by atoms with Gasteiger partial charge in [-0.2, -0.15) is 5.26 Å². The van der Waals surface area contributed by atoms with Crippen LogP contribution in [0.3, 0.4) is 0 Å². The van der Waals surface area contributed by atoms with Gasteiger partial charge in [0, 0.05) is 56.3 Å². The van der Waals surface area contributed by atoms with Gasteiger partial charge in [0.05, 0.1) is 36.8 Å². The van der Waals surface area contributed by atoms with Crippen LogP contribution in [-0.2, 0) is 17.8 Å². The molecule has 0 unspecified atom stereocenters. The Morgan fingerprint density at radius 3 is 2.88 bits per heavy atom. The maximum Gasteiger partial charge on any atom is 0.159 e. The monoisotopic (exact) mass is 563 g/mol. The summed E-state index contributed by atoms with van der Waals surface area (Å²) in [5.74, 6) is -0.345. The van der Waals surface area contributed by atoms with Gasteiger partial charge in [-0.05, 0) is 63.3 Å². The van der Waals surface area contributed by atoms with E-state index in [9.17, 15) is 10.1 Å². The summed E-state index contributed by atoms with van der Waals surface area (Å²) in [4.78, 5) is 22.6. The number of likely N-dealkylation sites (N-methyl/N-ethyl adjacent to an activating group) is 1. The molecule has 0 radical (unpaired) electrons. The van der Waals surface area contributed by atoms with Crippen molar-refractivity contribution in [2.45, 2.75) is 19.9 Å². The van der Waals surface area contributed by atoms with Crippen LogP contribution < -0.4 is 14.8 Å². The highest BCUT2D eigenvalue weighted by atomic mass is 35.5. The number of benzene rings is 2. The third-order valence-electron chi connectivity index (χ3n) is 5.68. The van der Waals surface area contributed by atoms with Crippen LogP contribution in [0.15, 0.2) is 73.1 Å². The van der Waals surface area contributed by atoms with Gasteiger partial charge in [0.25, 0.3) is 0 Å². The SMILES string of the molecule is [2H]C([2H])([2H])N(C)C/C=C/C(=O)Cc1cc2c(Nc3ccc(OCc4ccccn4)c(Cl)c3)c(C#N)cnc2cc1OC([2H])([2H])C([2H])([2H])[2H]. The summed E-state index contributed by atoms with van der Waals surface area (Å²) in [6.45, 7) is -8.51. The van der Waals surface area contributed by atoms with E-state index in [4.69, 9.17) is 32.0 Å². The van der Waals surface area contributed by atoms with Crippen LogP contribution in [0.5, 0.6) is 11.5 Å². The van der Waals surface area contributed by atoms with E-state index in [1.165, 1.54) is 37.5 Å². The molecule has 40 heavy (non-hydrogen) atoms. The average Bonchev–Trinajstić information content (AvgIpc) is 3.00. The number of rotatable bonds is 12. The highest BCUT2D eigenvalue weighted by Gasteiger charge is 2.16. The first-order chi connectivity index (χ1) is 22.5. The number of allylic oxidation sites excluding steroid dienone is 1. The Balaban J connectivity index is 1.71. The molecule has 9 heteroatoms. The van der Waals surface area contributed by atoms with Gasteiger partial charge in [0.1, 0.15) is 24.2 Å². The molecule has 4 aromatic rings. The summed E-state index contributed by atoms with van der Waals surface area (Å²) in [6.07, 6.45) is 5.11. The third kappa shape index (κ3) is 7.35. The summed E-state index contributed by atoms with van der Waals surface area (Å²) >= 11 is 6.50. The number of pyridine rings is 2. The molecule has 0 aliphatic heterocycles. The number of nitriles is 1. The van der Waals surface area contributed by atoms with Crippen LogP contribution >= 0.6 is 11.6 Å². The standard InChI is InChI=1S/C31H30ClN5O3/c1-4-39-30-17-28-26(15-21(30)14-25(38)9-7-13-37(2)3)31(22(18-33)19-35-28)36-23-10-11-29(27(32)16-23)40-20-24-8-5-6-12-34-24/h5-12,15-17,19H,4,13-14,20H2,1-3H3,(H,35,36)/b9-7+/i1D3,2D3,4D2. The van der Waals surface area contributed by atoms with E-state index in [0.717, 1.165) is 4.90 Å². The lowest BCUT2D eigenvalue weighted by Crippen LogP contribution is -2.11. The van der Waals surface area contributed by atoms with Crippen molar-refractivity contribution in [1.29, 1.82) is 5.26 Å². The van der Waals surface area contributed by atoms with E-state index in [1.54, 1.807) is 30.5 Å². The minimum absolute atomic E-state index is 0.0516. The molecule has 0 saturated heterocycles. The van der Waals surface area contributed by atoms with E-state index < -0.39 is 26.2 Å². The molecular formula is C31H30ClN5O3. The Bertz CT molecular complexity index is 1860. The van der Waals surface area contributed by atoms with Gasteiger partial charge in [-0.25, -0.2) is 0 Å². The molecule has 1 N–H and O–H groups in total. The minimum atomic E-state index is -3.17. The summed E-state index contributed by atoms with van der Waals surface area (Å²) in [5, 5.41) is 13.7. The second-order valence-corrected chi connectivity index (χ2v) is 9.05. The van der Waals surface area contributed by atoms with Crippen molar-refractivity contribution in [3.05, 3.63) is 94.9 Å². The molecule has 0 bridgehead atoms. The molecule has 2 aromatic carbocycles. The number of ether oxygens (including phenoxy) is 2. The second kappa shape index (κ2) is 13.6. The molecule has 0 saturated carbocycles. The lowest BCUT2D eigenvalue weighted by Gasteiger charge is -2.16. The highest BCUT2D eigenvalue weighted by molar-refractivity contribution is 6.32.